The molecule has 0 saturated heterocycles. The number of carbonyl (C=O) groups is 1. The molecule has 0 spiro atoms. The van der Waals surface area contributed by atoms with E-state index in [1.54, 1.807) is 0 Å². The highest BCUT2D eigenvalue weighted by atomic mass is 32.2. The summed E-state index contributed by atoms with van der Waals surface area (Å²) in [6.07, 6.45) is 2.86. The molecule has 0 aliphatic heterocycles. The number of hydrogen-bond donors (Lipinski definition) is 2. The van der Waals surface area contributed by atoms with E-state index in [1.807, 2.05) is 0 Å². The molecule has 116 valence electrons. The Labute approximate surface area is 124 Å². The van der Waals surface area contributed by atoms with E-state index in [4.69, 9.17) is 0 Å². The zero-order chi connectivity index (χ0) is 15.6. The first-order chi connectivity index (χ1) is 9.89. The van der Waals surface area contributed by atoms with Crippen molar-refractivity contribution in [3.63, 3.8) is 0 Å². The minimum atomic E-state index is -3.70. The second-order valence-electron chi connectivity index (χ2n) is 5.18. The van der Waals surface area contributed by atoms with Crippen LogP contribution in [0.1, 0.15) is 36.5 Å². The molecular weight excluding hydrogens is 294 g/mol. The lowest BCUT2D eigenvalue weighted by molar-refractivity contribution is 0.0597. The summed E-state index contributed by atoms with van der Waals surface area (Å²) in [6, 6.07) is 3.53. The van der Waals surface area contributed by atoms with Crippen LogP contribution < -0.4 is 4.72 Å². The number of aromatic hydroxyl groups is 1. The third-order valence-electron chi connectivity index (χ3n) is 3.57. The second-order valence-corrected chi connectivity index (χ2v) is 6.90. The number of phenols is 1. The van der Waals surface area contributed by atoms with Gasteiger partial charge in [0.25, 0.3) is 0 Å². The fourth-order valence-electron chi connectivity index (χ4n) is 2.30. The molecule has 2 N–H and O–H groups in total. The smallest absolute Gasteiger partial charge is 0.341 e. The Morgan fingerprint density at radius 1 is 1.48 bits per heavy atom. The van der Waals surface area contributed by atoms with Gasteiger partial charge in [0.1, 0.15) is 11.3 Å². The van der Waals surface area contributed by atoms with Gasteiger partial charge in [-0.1, -0.05) is 13.3 Å². The predicted octanol–water partition coefficient (Wildman–Crippen LogP) is 1.65. The Bertz CT molecular complexity index is 641. The van der Waals surface area contributed by atoms with E-state index in [2.05, 4.69) is 16.4 Å². The van der Waals surface area contributed by atoms with Gasteiger partial charge >= 0.3 is 5.97 Å². The van der Waals surface area contributed by atoms with Crippen LogP contribution in [0.15, 0.2) is 23.1 Å². The summed E-state index contributed by atoms with van der Waals surface area (Å²) >= 11 is 0. The van der Waals surface area contributed by atoms with Gasteiger partial charge in [0, 0.05) is 6.04 Å². The fourth-order valence-corrected chi connectivity index (χ4v) is 3.65. The van der Waals surface area contributed by atoms with Crippen LogP contribution in [-0.4, -0.2) is 32.6 Å². The van der Waals surface area contributed by atoms with Crippen LogP contribution in [0.25, 0.3) is 0 Å². The highest BCUT2D eigenvalue weighted by Gasteiger charge is 2.39. The number of sulfonamides is 1. The summed E-state index contributed by atoms with van der Waals surface area (Å²) in [5, 5.41) is 9.59. The monoisotopic (exact) mass is 313 g/mol. The van der Waals surface area contributed by atoms with E-state index in [1.165, 1.54) is 19.2 Å². The highest BCUT2D eigenvalue weighted by molar-refractivity contribution is 7.89. The van der Waals surface area contributed by atoms with E-state index in [-0.39, 0.29) is 22.3 Å². The number of ether oxygens (including phenoxy) is 1. The van der Waals surface area contributed by atoms with Crippen molar-refractivity contribution in [2.24, 2.45) is 5.92 Å². The van der Waals surface area contributed by atoms with Gasteiger partial charge in [0.05, 0.1) is 12.0 Å². The van der Waals surface area contributed by atoms with Crippen LogP contribution in [0.3, 0.4) is 0 Å². The quantitative estimate of drug-likeness (QED) is 0.779. The van der Waals surface area contributed by atoms with Crippen LogP contribution in [0.4, 0.5) is 0 Å². The number of esters is 1. The molecule has 0 aromatic heterocycles. The molecule has 0 amide bonds. The van der Waals surface area contributed by atoms with Crippen molar-refractivity contribution in [1.29, 1.82) is 0 Å². The number of hydrogen-bond acceptors (Lipinski definition) is 5. The molecule has 0 radical (unpaired) electrons. The van der Waals surface area contributed by atoms with Crippen molar-refractivity contribution in [3.8, 4) is 5.75 Å². The minimum absolute atomic E-state index is 0.0367. The molecule has 1 fully saturated rings. The number of nitrogens with one attached hydrogen (secondary N) is 1. The molecule has 2 atom stereocenters. The van der Waals surface area contributed by atoms with Gasteiger partial charge in [-0.15, -0.1) is 0 Å². The zero-order valence-electron chi connectivity index (χ0n) is 12.0. The Kier molecular flexibility index (Phi) is 4.53. The van der Waals surface area contributed by atoms with Gasteiger partial charge in [-0.25, -0.2) is 17.9 Å². The third kappa shape index (κ3) is 3.54. The maximum Gasteiger partial charge on any atom is 0.341 e. The van der Waals surface area contributed by atoms with Crippen LogP contribution in [-0.2, 0) is 14.8 Å². The van der Waals surface area contributed by atoms with Gasteiger partial charge < -0.3 is 9.84 Å². The standard InChI is InChI=1S/C14H19NO5S/c1-3-4-9-7-12(9)15-21(18,19)10-5-6-13(16)11(8-10)14(17)20-2/h5-6,8-9,12,15-16H,3-4,7H2,1-2H3. The number of methoxy groups -OCH3 is 1. The maximum absolute atomic E-state index is 12.3. The maximum atomic E-state index is 12.3. The van der Waals surface area contributed by atoms with Gasteiger partial charge in [-0.3, -0.25) is 0 Å². The SMILES string of the molecule is CCCC1CC1NS(=O)(=O)c1ccc(O)c(C(=O)OC)c1. The average Bonchev–Trinajstić information content (AvgIpc) is 3.15. The molecule has 21 heavy (non-hydrogen) atoms. The van der Waals surface area contributed by atoms with E-state index in [0.29, 0.717) is 5.92 Å². The van der Waals surface area contributed by atoms with E-state index < -0.39 is 16.0 Å². The van der Waals surface area contributed by atoms with E-state index in [0.717, 1.165) is 25.3 Å². The van der Waals surface area contributed by atoms with E-state index >= 15 is 0 Å². The molecule has 2 unspecified atom stereocenters. The van der Waals surface area contributed by atoms with Crippen molar-refractivity contribution in [3.05, 3.63) is 23.8 Å². The first kappa shape index (κ1) is 15.8. The zero-order valence-corrected chi connectivity index (χ0v) is 12.8. The lowest BCUT2D eigenvalue weighted by Gasteiger charge is -2.09. The fraction of sp³-hybridized carbons (Fsp3) is 0.500. The van der Waals surface area contributed by atoms with Crippen LogP contribution in [0, 0.1) is 5.92 Å². The minimum Gasteiger partial charge on any atom is -0.507 e. The number of benzene rings is 1. The molecule has 1 aromatic carbocycles. The largest absolute Gasteiger partial charge is 0.507 e. The van der Waals surface area contributed by atoms with Crippen molar-refractivity contribution >= 4 is 16.0 Å². The molecule has 1 saturated carbocycles. The van der Waals surface area contributed by atoms with Gasteiger partial charge in [-0.05, 0) is 37.0 Å². The van der Waals surface area contributed by atoms with Crippen LogP contribution >= 0.6 is 0 Å². The molecule has 0 heterocycles. The summed E-state index contributed by atoms with van der Waals surface area (Å²) in [6.45, 7) is 2.06. The summed E-state index contributed by atoms with van der Waals surface area (Å²) in [7, 11) is -2.53. The molecule has 7 heteroatoms. The van der Waals surface area contributed by atoms with Gasteiger partial charge in [-0.2, -0.15) is 0 Å². The first-order valence-corrected chi connectivity index (χ1v) is 8.31. The first-order valence-electron chi connectivity index (χ1n) is 6.82. The lowest BCUT2D eigenvalue weighted by atomic mass is 10.2. The molecule has 1 aromatic rings. The van der Waals surface area contributed by atoms with Gasteiger partial charge in [0.2, 0.25) is 10.0 Å². The van der Waals surface area contributed by atoms with Crippen molar-refractivity contribution in [2.45, 2.75) is 37.1 Å². The van der Waals surface area contributed by atoms with Gasteiger partial charge in [0.15, 0.2) is 0 Å². The third-order valence-corrected chi connectivity index (χ3v) is 5.06. The lowest BCUT2D eigenvalue weighted by Crippen LogP contribution is -2.27. The highest BCUT2D eigenvalue weighted by Crippen LogP contribution is 2.36. The van der Waals surface area contributed by atoms with Crippen LogP contribution in [0.2, 0.25) is 0 Å². The van der Waals surface area contributed by atoms with Crippen molar-refractivity contribution in [1.82, 2.24) is 4.72 Å². The number of carbonyl (C=O) groups excluding carboxylic acids is 1. The normalized spacial score (nSPS) is 21.0. The molecule has 6 nitrogen and oxygen atoms in total. The Morgan fingerprint density at radius 2 is 2.19 bits per heavy atom. The average molecular weight is 313 g/mol. The van der Waals surface area contributed by atoms with Crippen molar-refractivity contribution in [2.75, 3.05) is 7.11 Å². The topological polar surface area (TPSA) is 92.7 Å². The number of phenolic OH excluding ortho intramolecular Hbond substituents is 1. The van der Waals surface area contributed by atoms with Crippen LogP contribution in [0.5, 0.6) is 5.75 Å². The molecule has 1 aliphatic carbocycles. The summed E-state index contributed by atoms with van der Waals surface area (Å²) in [4.78, 5) is 11.4. The molecule has 0 bridgehead atoms. The van der Waals surface area contributed by atoms with E-state index in [9.17, 15) is 18.3 Å². The second kappa shape index (κ2) is 6.03. The molecule has 1 aliphatic rings. The van der Waals surface area contributed by atoms with Crippen molar-refractivity contribution < 1.29 is 23.1 Å². The summed E-state index contributed by atoms with van der Waals surface area (Å²) in [5.74, 6) is -0.696. The Hall–Kier alpha value is -1.60. The predicted molar refractivity (Wildman–Crippen MR) is 76.6 cm³/mol. The summed E-state index contributed by atoms with van der Waals surface area (Å²) < 4.78 is 31.7. The number of rotatable bonds is 6. The molecule has 2 rings (SSSR count). The molecular formula is C14H19NO5S. The Morgan fingerprint density at radius 3 is 2.81 bits per heavy atom. The summed E-state index contributed by atoms with van der Waals surface area (Å²) in [5.41, 5.74) is -0.165. The Balaban J connectivity index is 2.19.